The molecule has 1 amide bonds. The van der Waals surface area contributed by atoms with Crippen LogP contribution >= 0.6 is 0 Å². The predicted molar refractivity (Wildman–Crippen MR) is 115 cm³/mol. The Balaban J connectivity index is 2.20. The number of hydrogen-bond acceptors (Lipinski definition) is 6. The average Bonchev–Trinajstić information content (AvgIpc) is 2.76. The van der Waals surface area contributed by atoms with Crippen molar-refractivity contribution in [1.29, 1.82) is 0 Å². The van der Waals surface area contributed by atoms with E-state index in [-0.39, 0.29) is 30.1 Å². The molecule has 0 heterocycles. The number of nitrogens with zero attached hydrogens (tertiary/aromatic N) is 1. The van der Waals surface area contributed by atoms with Crippen LogP contribution in [0.25, 0.3) is 0 Å². The Bertz CT molecular complexity index is 930. The van der Waals surface area contributed by atoms with Crippen LogP contribution in [0.15, 0.2) is 48.5 Å². The second-order valence-corrected chi connectivity index (χ2v) is 8.65. The maximum atomic E-state index is 12.9. The van der Waals surface area contributed by atoms with Crippen molar-refractivity contribution in [2.75, 3.05) is 19.5 Å². The number of ether oxygens (including phenoxy) is 2. The number of amides is 1. The summed E-state index contributed by atoms with van der Waals surface area (Å²) in [5.74, 6) is 0.723. The summed E-state index contributed by atoms with van der Waals surface area (Å²) in [7, 11) is -2.27. The van der Waals surface area contributed by atoms with E-state index in [0.717, 1.165) is 12.0 Å². The molecule has 8 heteroatoms. The third-order valence-electron chi connectivity index (χ3n) is 4.70. The highest BCUT2D eigenvalue weighted by Crippen LogP contribution is 2.30. The van der Waals surface area contributed by atoms with Gasteiger partial charge in [-0.15, -0.1) is 0 Å². The molecule has 0 saturated heterocycles. The van der Waals surface area contributed by atoms with E-state index in [9.17, 15) is 13.2 Å². The van der Waals surface area contributed by atoms with Crippen LogP contribution in [0.2, 0.25) is 0 Å². The molecule has 1 atom stereocenters. The van der Waals surface area contributed by atoms with Crippen molar-refractivity contribution >= 4 is 16.0 Å². The van der Waals surface area contributed by atoms with Crippen molar-refractivity contribution in [3.63, 3.8) is 0 Å². The smallest absolute Gasteiger partial charge is 0.309 e. The highest BCUT2D eigenvalue weighted by Gasteiger charge is 2.21. The minimum Gasteiger partial charge on any atom is -0.493 e. The molecular formula is C22H29NO6S. The minimum absolute atomic E-state index is 0.0253. The standard InChI is InChI=1S/C22H29NO6S/c1-5-17(3)23(22(24)16-28-19-10-8-7-9-11-19)15-18-12-13-20(27-4)21(14-18)29-30(25,26)6-2/h7-14,17H,5-6,15-16H2,1-4H3. The molecule has 30 heavy (non-hydrogen) atoms. The van der Waals surface area contributed by atoms with E-state index in [2.05, 4.69) is 0 Å². The summed E-state index contributed by atoms with van der Waals surface area (Å²) in [4.78, 5) is 14.6. The van der Waals surface area contributed by atoms with Gasteiger partial charge in [-0.05, 0) is 50.1 Å². The van der Waals surface area contributed by atoms with Gasteiger partial charge in [0, 0.05) is 12.6 Å². The highest BCUT2D eigenvalue weighted by molar-refractivity contribution is 7.87. The minimum atomic E-state index is -3.71. The molecule has 1 unspecified atom stereocenters. The van der Waals surface area contributed by atoms with Gasteiger partial charge in [-0.3, -0.25) is 4.79 Å². The molecule has 2 aromatic carbocycles. The first kappa shape index (κ1) is 23.5. The van der Waals surface area contributed by atoms with Crippen molar-refractivity contribution < 1.29 is 26.9 Å². The molecule has 2 rings (SSSR count). The van der Waals surface area contributed by atoms with E-state index in [1.807, 2.05) is 32.0 Å². The van der Waals surface area contributed by atoms with Gasteiger partial charge in [0.25, 0.3) is 5.91 Å². The second kappa shape index (κ2) is 10.9. The summed E-state index contributed by atoms with van der Waals surface area (Å²) in [6.07, 6.45) is 0.765. The van der Waals surface area contributed by atoms with Gasteiger partial charge in [0.1, 0.15) is 5.75 Å². The van der Waals surface area contributed by atoms with Crippen LogP contribution in [-0.2, 0) is 21.5 Å². The van der Waals surface area contributed by atoms with Crippen molar-refractivity contribution in [2.45, 2.75) is 39.8 Å². The number of rotatable bonds is 11. The Morgan fingerprint density at radius 1 is 1.07 bits per heavy atom. The van der Waals surface area contributed by atoms with Crippen molar-refractivity contribution in [1.82, 2.24) is 4.90 Å². The van der Waals surface area contributed by atoms with Crippen molar-refractivity contribution in [2.24, 2.45) is 0 Å². The van der Waals surface area contributed by atoms with Crippen LogP contribution in [0.3, 0.4) is 0 Å². The van der Waals surface area contributed by atoms with Crippen LogP contribution in [-0.4, -0.2) is 44.7 Å². The lowest BCUT2D eigenvalue weighted by molar-refractivity contribution is -0.136. The Morgan fingerprint density at radius 3 is 2.37 bits per heavy atom. The molecule has 7 nitrogen and oxygen atoms in total. The first-order valence-corrected chi connectivity index (χ1v) is 11.4. The Morgan fingerprint density at radius 2 is 1.77 bits per heavy atom. The van der Waals surface area contributed by atoms with Crippen molar-refractivity contribution in [3.05, 3.63) is 54.1 Å². The molecule has 164 valence electrons. The molecule has 0 N–H and O–H groups in total. The number of carbonyl (C=O) groups excluding carboxylic acids is 1. The molecule has 0 radical (unpaired) electrons. The molecule has 0 saturated carbocycles. The first-order valence-electron chi connectivity index (χ1n) is 9.86. The van der Waals surface area contributed by atoms with E-state index in [0.29, 0.717) is 18.0 Å². The second-order valence-electron chi connectivity index (χ2n) is 6.80. The summed E-state index contributed by atoms with van der Waals surface area (Å²) < 4.78 is 39.8. The summed E-state index contributed by atoms with van der Waals surface area (Å²) in [5.41, 5.74) is 0.727. The van der Waals surface area contributed by atoms with Gasteiger partial charge >= 0.3 is 10.1 Å². The Labute approximate surface area is 178 Å². The zero-order valence-electron chi connectivity index (χ0n) is 17.8. The van der Waals surface area contributed by atoms with E-state index >= 15 is 0 Å². The predicted octanol–water partition coefficient (Wildman–Crippen LogP) is 3.63. The number of para-hydroxylation sites is 1. The van der Waals surface area contributed by atoms with Gasteiger partial charge in [-0.1, -0.05) is 31.2 Å². The fraction of sp³-hybridized carbons (Fsp3) is 0.409. The maximum absolute atomic E-state index is 12.9. The molecular weight excluding hydrogens is 406 g/mol. The van der Waals surface area contributed by atoms with Crippen LogP contribution < -0.4 is 13.7 Å². The van der Waals surface area contributed by atoms with Gasteiger partial charge in [0.15, 0.2) is 18.1 Å². The summed E-state index contributed by atoms with van der Waals surface area (Å²) in [6.45, 7) is 5.67. The number of methoxy groups -OCH3 is 1. The highest BCUT2D eigenvalue weighted by atomic mass is 32.2. The van der Waals surface area contributed by atoms with Gasteiger partial charge in [0.2, 0.25) is 0 Å². The van der Waals surface area contributed by atoms with Gasteiger partial charge in [-0.2, -0.15) is 8.42 Å². The maximum Gasteiger partial charge on any atom is 0.309 e. The first-order chi connectivity index (χ1) is 14.3. The van der Waals surface area contributed by atoms with E-state index in [4.69, 9.17) is 13.7 Å². The molecule has 2 aromatic rings. The zero-order valence-corrected chi connectivity index (χ0v) is 18.6. The van der Waals surface area contributed by atoms with Crippen molar-refractivity contribution in [3.8, 4) is 17.2 Å². The third kappa shape index (κ3) is 6.66. The third-order valence-corrected chi connectivity index (χ3v) is 5.84. The van der Waals surface area contributed by atoms with E-state index in [1.54, 1.807) is 35.2 Å². The normalized spacial score (nSPS) is 12.1. The Kier molecular flexibility index (Phi) is 8.53. The largest absolute Gasteiger partial charge is 0.493 e. The van der Waals surface area contributed by atoms with Gasteiger partial charge in [0.05, 0.1) is 12.9 Å². The molecule has 0 aromatic heterocycles. The molecule has 0 aliphatic heterocycles. The fourth-order valence-electron chi connectivity index (χ4n) is 2.73. The number of hydrogen-bond donors (Lipinski definition) is 0. The van der Waals surface area contributed by atoms with Gasteiger partial charge in [-0.25, -0.2) is 0 Å². The average molecular weight is 436 g/mol. The topological polar surface area (TPSA) is 82.1 Å². The van der Waals surface area contributed by atoms with Gasteiger partial charge < -0.3 is 18.6 Å². The monoisotopic (exact) mass is 435 g/mol. The SMILES string of the molecule is CCC(C)N(Cc1ccc(OC)c(OS(=O)(=O)CC)c1)C(=O)COc1ccccc1. The van der Waals surface area contributed by atoms with Crippen LogP contribution in [0.1, 0.15) is 32.8 Å². The lowest BCUT2D eigenvalue weighted by Crippen LogP contribution is -2.40. The molecule has 0 aliphatic rings. The zero-order chi connectivity index (χ0) is 22.1. The van der Waals surface area contributed by atoms with Crippen LogP contribution in [0.4, 0.5) is 0 Å². The number of carbonyl (C=O) groups is 1. The van der Waals surface area contributed by atoms with E-state index in [1.165, 1.54) is 14.0 Å². The summed E-state index contributed by atoms with van der Waals surface area (Å²) in [6, 6.07) is 14.1. The lowest BCUT2D eigenvalue weighted by Gasteiger charge is -2.29. The Hall–Kier alpha value is -2.74. The lowest BCUT2D eigenvalue weighted by atomic mass is 10.1. The van der Waals surface area contributed by atoms with E-state index < -0.39 is 10.1 Å². The molecule has 0 fully saturated rings. The molecule has 0 aliphatic carbocycles. The fourth-order valence-corrected chi connectivity index (χ4v) is 3.25. The van der Waals surface area contributed by atoms with Crippen LogP contribution in [0, 0.1) is 0 Å². The summed E-state index contributed by atoms with van der Waals surface area (Å²) in [5, 5.41) is 0. The quantitative estimate of drug-likeness (QED) is 0.501. The van der Waals surface area contributed by atoms with Crippen LogP contribution in [0.5, 0.6) is 17.2 Å². The molecule has 0 bridgehead atoms. The molecule has 0 spiro atoms. The summed E-state index contributed by atoms with van der Waals surface area (Å²) >= 11 is 0. The number of benzene rings is 2.